The number of carboxylic acids is 1. The lowest BCUT2D eigenvalue weighted by Crippen LogP contribution is -2.30. The Labute approximate surface area is 197 Å². The second kappa shape index (κ2) is 10.7. The van der Waals surface area contributed by atoms with Crippen LogP contribution in [-0.2, 0) is 22.4 Å². The van der Waals surface area contributed by atoms with Crippen molar-refractivity contribution in [3.63, 3.8) is 0 Å². The van der Waals surface area contributed by atoms with Crippen molar-refractivity contribution in [1.82, 2.24) is 0 Å². The Kier molecular flexibility index (Phi) is 7.92. The lowest BCUT2D eigenvalue weighted by Gasteiger charge is -2.30. The molecule has 0 aliphatic carbocycles. The zero-order valence-corrected chi connectivity index (χ0v) is 19.7. The molecule has 1 N–H and O–H groups in total. The van der Waals surface area contributed by atoms with Gasteiger partial charge in [0.1, 0.15) is 23.8 Å². The molecule has 0 saturated carbocycles. The van der Waals surface area contributed by atoms with E-state index in [-0.39, 0.29) is 24.9 Å². The molecule has 2 atom stereocenters. The van der Waals surface area contributed by atoms with Gasteiger partial charge in [0.2, 0.25) is 11.5 Å². The molecular formula is C24H27ClO8. The number of hydrogen-bond acceptors (Lipinski definition) is 7. The van der Waals surface area contributed by atoms with Crippen LogP contribution in [-0.4, -0.2) is 49.4 Å². The largest absolute Gasteiger partial charge is 0.490 e. The zero-order valence-electron chi connectivity index (χ0n) is 19.0. The van der Waals surface area contributed by atoms with Crippen LogP contribution in [0.1, 0.15) is 30.0 Å². The lowest BCUT2D eigenvalue weighted by atomic mass is 9.96. The van der Waals surface area contributed by atoms with Crippen molar-refractivity contribution in [1.29, 1.82) is 0 Å². The molecule has 0 saturated heterocycles. The van der Waals surface area contributed by atoms with Gasteiger partial charge in [0.05, 0.1) is 14.2 Å². The van der Waals surface area contributed by atoms with Gasteiger partial charge in [0.15, 0.2) is 11.5 Å². The van der Waals surface area contributed by atoms with Gasteiger partial charge < -0.3 is 28.8 Å². The van der Waals surface area contributed by atoms with Crippen LogP contribution in [0.15, 0.2) is 24.3 Å². The van der Waals surface area contributed by atoms with Gasteiger partial charge in [-0.15, -0.1) is 11.6 Å². The Morgan fingerprint density at radius 1 is 1.18 bits per heavy atom. The predicted molar refractivity (Wildman–Crippen MR) is 121 cm³/mol. The number of carboxylic acid groups (broad SMARTS) is 1. The fourth-order valence-corrected chi connectivity index (χ4v) is 3.97. The maximum Gasteiger partial charge on any atom is 0.321 e. The van der Waals surface area contributed by atoms with E-state index < -0.39 is 17.3 Å². The number of carbonyl (C=O) groups excluding carboxylic acids is 1. The minimum Gasteiger partial charge on any atom is -0.490 e. The van der Waals surface area contributed by atoms with Crippen LogP contribution in [0.5, 0.6) is 28.7 Å². The number of fused-ring (bicyclic) bond motifs is 1. The van der Waals surface area contributed by atoms with E-state index in [0.717, 1.165) is 11.1 Å². The summed E-state index contributed by atoms with van der Waals surface area (Å²) in [6.07, 6.45) is 1.19. The van der Waals surface area contributed by atoms with Crippen molar-refractivity contribution < 1.29 is 38.4 Å². The summed E-state index contributed by atoms with van der Waals surface area (Å²) >= 11 is 5.91. The van der Waals surface area contributed by atoms with Crippen molar-refractivity contribution in [2.75, 3.05) is 20.8 Å². The van der Waals surface area contributed by atoms with Crippen LogP contribution in [0.3, 0.4) is 0 Å². The summed E-state index contributed by atoms with van der Waals surface area (Å²) in [7, 11) is 2.97. The minimum absolute atomic E-state index is 0.143. The number of benzene rings is 2. The fourth-order valence-electron chi connectivity index (χ4n) is 3.81. The number of carbonyl (C=O) groups is 2. The molecule has 2 aromatic carbocycles. The average Bonchev–Trinajstić information content (AvgIpc) is 2.79. The van der Waals surface area contributed by atoms with Gasteiger partial charge in [-0.3, -0.25) is 9.59 Å². The summed E-state index contributed by atoms with van der Waals surface area (Å²) in [5, 5.41) is 8.06. The Balaban J connectivity index is 1.81. The number of hydrogen-bond donors (Lipinski definition) is 1. The van der Waals surface area contributed by atoms with Gasteiger partial charge in [0.25, 0.3) is 0 Å². The molecule has 0 radical (unpaired) electrons. The Morgan fingerprint density at radius 3 is 2.52 bits per heavy atom. The minimum atomic E-state index is -1.08. The summed E-state index contributed by atoms with van der Waals surface area (Å²) in [5.41, 5.74) is 2.34. The smallest absolute Gasteiger partial charge is 0.321 e. The van der Waals surface area contributed by atoms with Crippen molar-refractivity contribution in [3.05, 3.63) is 41.0 Å². The van der Waals surface area contributed by atoms with E-state index in [9.17, 15) is 9.59 Å². The highest BCUT2D eigenvalue weighted by molar-refractivity contribution is 6.29. The summed E-state index contributed by atoms with van der Waals surface area (Å²) < 4.78 is 28.6. The molecule has 178 valence electrons. The third-order valence-corrected chi connectivity index (χ3v) is 5.75. The SMILES string of the molecule is COc1c(OC(C)=O)c(C)c2c(c1OC)OC(COc1ccccc1CC(Cl)C(=O)O)CC2. The molecule has 9 heteroatoms. The Morgan fingerprint density at radius 2 is 1.88 bits per heavy atom. The van der Waals surface area contributed by atoms with Gasteiger partial charge in [0, 0.05) is 24.5 Å². The molecule has 1 aliphatic heterocycles. The van der Waals surface area contributed by atoms with Crippen molar-refractivity contribution in [2.24, 2.45) is 0 Å². The molecule has 33 heavy (non-hydrogen) atoms. The van der Waals surface area contributed by atoms with Crippen LogP contribution in [0.4, 0.5) is 0 Å². The first kappa shape index (κ1) is 24.5. The first-order valence-electron chi connectivity index (χ1n) is 10.5. The predicted octanol–water partition coefficient (Wildman–Crippen LogP) is 3.94. The number of aliphatic carboxylic acids is 1. The topological polar surface area (TPSA) is 101 Å². The third-order valence-electron chi connectivity index (χ3n) is 5.41. The highest BCUT2D eigenvalue weighted by Crippen LogP contribution is 2.51. The molecule has 0 amide bonds. The molecule has 0 spiro atoms. The second-order valence-corrected chi connectivity index (χ2v) is 8.16. The second-order valence-electron chi connectivity index (χ2n) is 7.63. The highest BCUT2D eigenvalue weighted by Gasteiger charge is 2.32. The molecule has 1 aliphatic rings. The molecule has 0 aromatic heterocycles. The quantitative estimate of drug-likeness (QED) is 0.328. The summed E-state index contributed by atoms with van der Waals surface area (Å²) in [6, 6.07) is 7.19. The zero-order chi connectivity index (χ0) is 24.1. The van der Waals surface area contributed by atoms with Gasteiger partial charge >= 0.3 is 11.9 Å². The van der Waals surface area contributed by atoms with Crippen LogP contribution in [0, 0.1) is 6.92 Å². The Bertz CT molecular complexity index is 1040. The summed E-state index contributed by atoms with van der Waals surface area (Å²) in [4.78, 5) is 22.7. The molecule has 2 unspecified atom stereocenters. The monoisotopic (exact) mass is 478 g/mol. The van der Waals surface area contributed by atoms with E-state index in [2.05, 4.69) is 0 Å². The van der Waals surface area contributed by atoms with Gasteiger partial charge in [-0.25, -0.2) is 0 Å². The standard InChI is InChI=1S/C24H27ClO8/c1-13-17-10-9-16(12-31-19-8-6-5-7-15(19)11-18(25)24(27)28)33-21(17)23(30-4)22(29-3)20(13)32-14(2)26/h5-8,16,18H,9-12H2,1-4H3,(H,27,28). The summed E-state index contributed by atoms with van der Waals surface area (Å²) in [6.45, 7) is 3.42. The number of ether oxygens (including phenoxy) is 5. The molecule has 3 rings (SSSR count). The van der Waals surface area contributed by atoms with E-state index in [4.69, 9.17) is 40.4 Å². The van der Waals surface area contributed by atoms with E-state index >= 15 is 0 Å². The molecule has 8 nitrogen and oxygen atoms in total. The van der Waals surface area contributed by atoms with Crippen LogP contribution in [0.25, 0.3) is 0 Å². The first-order chi connectivity index (χ1) is 15.8. The van der Waals surface area contributed by atoms with Crippen LogP contribution < -0.4 is 23.7 Å². The number of methoxy groups -OCH3 is 2. The molecule has 2 aromatic rings. The Hall–Kier alpha value is -3.13. The first-order valence-corrected chi connectivity index (χ1v) is 10.9. The summed E-state index contributed by atoms with van der Waals surface area (Å²) in [5.74, 6) is 0.517. The van der Waals surface area contributed by atoms with E-state index in [1.807, 2.05) is 19.1 Å². The molecule has 0 fully saturated rings. The number of halogens is 1. The van der Waals surface area contributed by atoms with Crippen molar-refractivity contribution >= 4 is 23.5 Å². The van der Waals surface area contributed by atoms with Crippen molar-refractivity contribution in [2.45, 2.75) is 44.6 Å². The number of rotatable bonds is 9. The maximum atomic E-state index is 11.6. The average molecular weight is 479 g/mol. The third kappa shape index (κ3) is 5.45. The van der Waals surface area contributed by atoms with Gasteiger partial charge in [-0.1, -0.05) is 18.2 Å². The van der Waals surface area contributed by atoms with Crippen LogP contribution >= 0.6 is 11.6 Å². The van der Waals surface area contributed by atoms with Crippen LogP contribution in [0.2, 0.25) is 0 Å². The fraction of sp³-hybridized carbons (Fsp3) is 0.417. The molecule has 0 bridgehead atoms. The number of esters is 1. The maximum absolute atomic E-state index is 11.6. The number of alkyl halides is 1. The highest BCUT2D eigenvalue weighted by atomic mass is 35.5. The van der Waals surface area contributed by atoms with Gasteiger partial charge in [-0.05, 0) is 31.4 Å². The van der Waals surface area contributed by atoms with Gasteiger partial charge in [-0.2, -0.15) is 0 Å². The number of para-hydroxylation sites is 1. The molecular weight excluding hydrogens is 452 g/mol. The normalized spacial score (nSPS) is 15.6. The van der Waals surface area contributed by atoms with E-state index in [0.29, 0.717) is 41.4 Å². The lowest BCUT2D eigenvalue weighted by molar-refractivity contribution is -0.136. The van der Waals surface area contributed by atoms with Crippen molar-refractivity contribution in [3.8, 4) is 28.7 Å². The molecule has 1 heterocycles. The van der Waals surface area contributed by atoms with E-state index in [1.165, 1.54) is 21.1 Å². The van der Waals surface area contributed by atoms with E-state index in [1.54, 1.807) is 12.1 Å².